The predicted octanol–water partition coefficient (Wildman–Crippen LogP) is 1.97. The lowest BCUT2D eigenvalue weighted by Crippen LogP contribution is -2.19. The Kier molecular flexibility index (Phi) is 3.76. The first-order valence-electron chi connectivity index (χ1n) is 5.47. The fourth-order valence-corrected chi connectivity index (χ4v) is 1.98. The van der Waals surface area contributed by atoms with Gasteiger partial charge in [-0.05, 0) is 25.1 Å². The van der Waals surface area contributed by atoms with E-state index in [-0.39, 0.29) is 6.04 Å². The van der Waals surface area contributed by atoms with Crippen LogP contribution in [0.4, 0.5) is 0 Å². The Morgan fingerprint density at radius 3 is 2.76 bits per heavy atom. The highest BCUT2D eigenvalue weighted by molar-refractivity contribution is 6.31. The summed E-state index contributed by atoms with van der Waals surface area (Å²) in [6.45, 7) is 0. The zero-order valence-electron chi connectivity index (χ0n) is 9.89. The molecule has 0 aliphatic carbocycles. The van der Waals surface area contributed by atoms with Crippen molar-refractivity contribution in [2.75, 3.05) is 7.05 Å². The molecule has 17 heavy (non-hydrogen) atoms. The van der Waals surface area contributed by atoms with Crippen molar-refractivity contribution in [2.24, 2.45) is 7.05 Å². The van der Waals surface area contributed by atoms with E-state index < -0.39 is 0 Å². The highest BCUT2D eigenvalue weighted by Crippen LogP contribution is 2.21. The first kappa shape index (κ1) is 12.1. The first-order chi connectivity index (χ1) is 8.20. The fourth-order valence-electron chi connectivity index (χ4n) is 1.76. The summed E-state index contributed by atoms with van der Waals surface area (Å²) >= 11 is 6.15. The molecule has 0 saturated heterocycles. The molecule has 0 amide bonds. The minimum atomic E-state index is 0.128. The minimum Gasteiger partial charge on any atom is -0.311 e. The van der Waals surface area contributed by atoms with Crippen LogP contribution >= 0.6 is 11.6 Å². The largest absolute Gasteiger partial charge is 0.311 e. The van der Waals surface area contributed by atoms with E-state index >= 15 is 0 Å². The number of nitrogens with zero attached hydrogens (tertiary/aromatic N) is 3. The molecule has 4 nitrogen and oxygen atoms in total. The summed E-state index contributed by atoms with van der Waals surface area (Å²) in [5.41, 5.74) is 2.04. The van der Waals surface area contributed by atoms with Crippen LogP contribution in [-0.2, 0) is 13.5 Å². The fraction of sp³-hybridized carbons (Fsp3) is 0.333. The Hall–Kier alpha value is -1.39. The molecule has 1 aromatic carbocycles. The van der Waals surface area contributed by atoms with Crippen LogP contribution in [0.5, 0.6) is 0 Å². The maximum atomic E-state index is 6.15. The van der Waals surface area contributed by atoms with E-state index in [2.05, 4.69) is 15.6 Å². The number of hydrogen-bond acceptors (Lipinski definition) is 3. The van der Waals surface area contributed by atoms with Gasteiger partial charge in [0.25, 0.3) is 0 Å². The minimum absolute atomic E-state index is 0.128. The number of aromatic nitrogens is 3. The third-order valence-electron chi connectivity index (χ3n) is 2.71. The van der Waals surface area contributed by atoms with Gasteiger partial charge in [-0.25, -0.2) is 0 Å². The molecule has 0 spiro atoms. The number of rotatable bonds is 4. The Morgan fingerprint density at radius 1 is 1.41 bits per heavy atom. The standard InChI is InChI=1S/C12H15ClN4/c1-14-11(12-8-17(2)16-15-12)7-9-5-3-4-6-10(9)13/h3-6,8,11,14H,7H2,1-2H3. The van der Waals surface area contributed by atoms with Crippen LogP contribution in [0.3, 0.4) is 0 Å². The summed E-state index contributed by atoms with van der Waals surface area (Å²) in [6.07, 6.45) is 2.72. The predicted molar refractivity (Wildman–Crippen MR) is 68.0 cm³/mol. The van der Waals surface area contributed by atoms with Crippen molar-refractivity contribution in [1.29, 1.82) is 0 Å². The highest BCUT2D eigenvalue weighted by atomic mass is 35.5. The normalized spacial score (nSPS) is 12.6. The summed E-state index contributed by atoms with van der Waals surface area (Å²) in [5, 5.41) is 12.1. The Balaban J connectivity index is 2.18. The SMILES string of the molecule is CNC(Cc1ccccc1Cl)c1cn(C)nn1. The molecule has 90 valence electrons. The van der Waals surface area contributed by atoms with Gasteiger partial charge in [0, 0.05) is 18.3 Å². The molecule has 0 aliphatic rings. The zero-order valence-corrected chi connectivity index (χ0v) is 10.6. The molecule has 1 atom stereocenters. The number of aryl methyl sites for hydroxylation is 1. The molecule has 1 heterocycles. The number of nitrogens with one attached hydrogen (secondary N) is 1. The van der Waals surface area contributed by atoms with Crippen molar-refractivity contribution in [2.45, 2.75) is 12.5 Å². The Labute approximate surface area is 106 Å². The third kappa shape index (κ3) is 2.84. The maximum Gasteiger partial charge on any atom is 0.0999 e. The molecule has 5 heteroatoms. The lowest BCUT2D eigenvalue weighted by atomic mass is 10.0. The van der Waals surface area contributed by atoms with Gasteiger partial charge in [-0.2, -0.15) is 0 Å². The third-order valence-corrected chi connectivity index (χ3v) is 3.08. The highest BCUT2D eigenvalue weighted by Gasteiger charge is 2.14. The monoisotopic (exact) mass is 250 g/mol. The smallest absolute Gasteiger partial charge is 0.0999 e. The Bertz CT molecular complexity index is 495. The molecule has 0 saturated carbocycles. The summed E-state index contributed by atoms with van der Waals surface area (Å²) < 4.78 is 1.70. The average Bonchev–Trinajstić information content (AvgIpc) is 2.75. The average molecular weight is 251 g/mol. The van der Waals surface area contributed by atoms with Gasteiger partial charge in [0.15, 0.2) is 0 Å². The second-order valence-electron chi connectivity index (χ2n) is 3.95. The van der Waals surface area contributed by atoms with Gasteiger partial charge >= 0.3 is 0 Å². The van der Waals surface area contributed by atoms with Gasteiger partial charge in [0.2, 0.25) is 0 Å². The van der Waals surface area contributed by atoms with Gasteiger partial charge < -0.3 is 5.32 Å². The van der Waals surface area contributed by atoms with E-state index in [4.69, 9.17) is 11.6 Å². The van der Waals surface area contributed by atoms with Crippen LogP contribution in [0.2, 0.25) is 5.02 Å². The van der Waals surface area contributed by atoms with Crippen LogP contribution in [0, 0.1) is 0 Å². The van der Waals surface area contributed by atoms with E-state index in [0.717, 1.165) is 22.7 Å². The van der Waals surface area contributed by atoms with Gasteiger partial charge in [-0.3, -0.25) is 4.68 Å². The van der Waals surface area contributed by atoms with Crippen molar-refractivity contribution in [3.8, 4) is 0 Å². The van der Waals surface area contributed by atoms with E-state index in [9.17, 15) is 0 Å². The van der Waals surface area contributed by atoms with Gasteiger partial charge in [0.05, 0.1) is 11.7 Å². The molecule has 1 aromatic heterocycles. The van der Waals surface area contributed by atoms with Gasteiger partial charge in [0.1, 0.15) is 0 Å². The summed E-state index contributed by atoms with van der Waals surface area (Å²) in [4.78, 5) is 0. The maximum absolute atomic E-state index is 6.15. The van der Waals surface area contributed by atoms with E-state index in [1.165, 1.54) is 0 Å². The quantitative estimate of drug-likeness (QED) is 0.902. The van der Waals surface area contributed by atoms with Crippen molar-refractivity contribution >= 4 is 11.6 Å². The summed E-state index contributed by atoms with van der Waals surface area (Å²) in [6, 6.07) is 7.99. The molecule has 1 N–H and O–H groups in total. The van der Waals surface area contributed by atoms with E-state index in [1.807, 2.05) is 44.6 Å². The van der Waals surface area contributed by atoms with Gasteiger partial charge in [-0.1, -0.05) is 35.0 Å². The van der Waals surface area contributed by atoms with Crippen molar-refractivity contribution in [3.05, 3.63) is 46.7 Å². The molecular formula is C12H15ClN4. The molecule has 0 radical (unpaired) electrons. The van der Waals surface area contributed by atoms with E-state index in [1.54, 1.807) is 4.68 Å². The molecular weight excluding hydrogens is 236 g/mol. The number of hydrogen-bond donors (Lipinski definition) is 1. The van der Waals surface area contributed by atoms with Gasteiger partial charge in [-0.15, -0.1) is 5.10 Å². The van der Waals surface area contributed by atoms with Crippen LogP contribution in [0.1, 0.15) is 17.3 Å². The molecule has 1 unspecified atom stereocenters. The number of likely N-dealkylation sites (N-methyl/N-ethyl adjacent to an activating group) is 1. The van der Waals surface area contributed by atoms with Crippen molar-refractivity contribution in [1.82, 2.24) is 20.3 Å². The van der Waals surface area contributed by atoms with Crippen molar-refractivity contribution in [3.63, 3.8) is 0 Å². The lowest BCUT2D eigenvalue weighted by molar-refractivity contribution is 0.574. The molecule has 0 bridgehead atoms. The first-order valence-corrected chi connectivity index (χ1v) is 5.85. The zero-order chi connectivity index (χ0) is 12.3. The number of benzene rings is 1. The van der Waals surface area contributed by atoms with Crippen LogP contribution < -0.4 is 5.32 Å². The number of halogens is 1. The second-order valence-corrected chi connectivity index (χ2v) is 4.36. The summed E-state index contributed by atoms with van der Waals surface area (Å²) in [5.74, 6) is 0. The van der Waals surface area contributed by atoms with Crippen LogP contribution in [-0.4, -0.2) is 22.0 Å². The van der Waals surface area contributed by atoms with Crippen LogP contribution in [0.25, 0.3) is 0 Å². The molecule has 0 fully saturated rings. The van der Waals surface area contributed by atoms with Crippen LogP contribution in [0.15, 0.2) is 30.5 Å². The molecule has 0 aliphatic heterocycles. The molecule has 2 aromatic rings. The molecule has 2 rings (SSSR count). The summed E-state index contributed by atoms with van der Waals surface area (Å²) in [7, 11) is 3.77. The lowest BCUT2D eigenvalue weighted by Gasteiger charge is -2.14. The Morgan fingerprint density at radius 2 is 2.18 bits per heavy atom. The topological polar surface area (TPSA) is 42.7 Å². The van der Waals surface area contributed by atoms with E-state index in [0.29, 0.717) is 0 Å². The van der Waals surface area contributed by atoms with Crippen molar-refractivity contribution < 1.29 is 0 Å². The second kappa shape index (κ2) is 5.29.